The minimum Gasteiger partial charge on any atom is -0.315 e. The smallest absolute Gasteiger partial charge is 0.153 e. The van der Waals surface area contributed by atoms with Crippen LogP contribution in [0.15, 0.2) is 0 Å². The number of rotatable bonds is 8. The van der Waals surface area contributed by atoms with Gasteiger partial charge in [0.15, 0.2) is 9.84 Å². The van der Waals surface area contributed by atoms with Crippen molar-refractivity contribution in [2.75, 3.05) is 18.8 Å². The average molecular weight is 235 g/mol. The Bertz CT molecular complexity index is 243. The van der Waals surface area contributed by atoms with E-state index in [1.165, 1.54) is 0 Å². The Morgan fingerprint density at radius 1 is 1.13 bits per heavy atom. The van der Waals surface area contributed by atoms with Gasteiger partial charge in [0, 0.05) is 6.54 Å². The van der Waals surface area contributed by atoms with Crippen LogP contribution in [0, 0.1) is 5.92 Å². The van der Waals surface area contributed by atoms with Gasteiger partial charge in [-0.3, -0.25) is 0 Å². The maximum Gasteiger partial charge on any atom is 0.153 e. The summed E-state index contributed by atoms with van der Waals surface area (Å²) in [5.41, 5.74) is 0. The Labute approximate surface area is 94.6 Å². The second-order valence-corrected chi connectivity index (χ2v) is 6.98. The highest BCUT2D eigenvalue weighted by atomic mass is 32.2. The fraction of sp³-hybridized carbons (Fsp3) is 1.00. The molecule has 15 heavy (non-hydrogen) atoms. The molecule has 0 aliphatic rings. The summed E-state index contributed by atoms with van der Waals surface area (Å²) in [5, 5.41) is 2.96. The van der Waals surface area contributed by atoms with Crippen LogP contribution < -0.4 is 5.32 Å². The van der Waals surface area contributed by atoms with Gasteiger partial charge in [0.25, 0.3) is 0 Å². The van der Waals surface area contributed by atoms with E-state index >= 15 is 0 Å². The lowest BCUT2D eigenvalue weighted by atomic mass is 10.0. The summed E-state index contributed by atoms with van der Waals surface area (Å²) in [6.07, 6.45) is 2.31. The highest BCUT2D eigenvalue weighted by Gasteiger charge is 2.15. The molecule has 0 amide bonds. The molecule has 0 aromatic rings. The summed E-state index contributed by atoms with van der Waals surface area (Å²) >= 11 is 0. The molecule has 0 bridgehead atoms. The standard InChI is InChI=1S/C11H25NO2S/c1-5-11(6-2)9-12-7-8-15(13,14)10(3)4/h10-12H,5-9H2,1-4H3. The summed E-state index contributed by atoms with van der Waals surface area (Å²) in [5.74, 6) is 0.928. The first-order valence-electron chi connectivity index (χ1n) is 5.86. The van der Waals surface area contributed by atoms with E-state index in [4.69, 9.17) is 0 Å². The highest BCUT2D eigenvalue weighted by molar-refractivity contribution is 7.92. The van der Waals surface area contributed by atoms with Crippen LogP contribution in [0.5, 0.6) is 0 Å². The van der Waals surface area contributed by atoms with Crippen molar-refractivity contribution in [3.63, 3.8) is 0 Å². The molecule has 0 unspecified atom stereocenters. The third-order valence-corrected chi connectivity index (χ3v) is 5.08. The molecule has 0 aliphatic carbocycles. The molecule has 0 fully saturated rings. The minimum absolute atomic E-state index is 0.255. The van der Waals surface area contributed by atoms with Crippen molar-refractivity contribution in [1.29, 1.82) is 0 Å². The van der Waals surface area contributed by atoms with Crippen LogP contribution in [0.2, 0.25) is 0 Å². The lowest BCUT2D eigenvalue weighted by Crippen LogP contribution is -2.30. The lowest BCUT2D eigenvalue weighted by Gasteiger charge is -2.13. The largest absolute Gasteiger partial charge is 0.315 e. The van der Waals surface area contributed by atoms with Crippen LogP contribution in [0.3, 0.4) is 0 Å². The Morgan fingerprint density at radius 3 is 2.07 bits per heavy atom. The molecule has 0 aromatic heterocycles. The average Bonchev–Trinajstić information content (AvgIpc) is 2.18. The molecule has 1 N–H and O–H groups in total. The Morgan fingerprint density at radius 2 is 1.67 bits per heavy atom. The molecule has 0 saturated heterocycles. The van der Waals surface area contributed by atoms with Crippen molar-refractivity contribution >= 4 is 9.84 Å². The third kappa shape index (κ3) is 6.15. The van der Waals surface area contributed by atoms with Crippen LogP contribution in [0.1, 0.15) is 40.5 Å². The summed E-state index contributed by atoms with van der Waals surface area (Å²) in [7, 11) is -2.87. The molecule has 0 spiro atoms. The van der Waals surface area contributed by atoms with Crippen molar-refractivity contribution in [3.8, 4) is 0 Å². The zero-order valence-corrected chi connectivity index (χ0v) is 11.2. The zero-order valence-electron chi connectivity index (χ0n) is 10.4. The van der Waals surface area contributed by atoms with Crippen molar-refractivity contribution in [1.82, 2.24) is 5.32 Å². The SMILES string of the molecule is CCC(CC)CNCCS(=O)(=O)C(C)C. The Hall–Kier alpha value is -0.0900. The first-order valence-corrected chi connectivity index (χ1v) is 7.57. The number of sulfone groups is 1. The van der Waals surface area contributed by atoms with E-state index in [-0.39, 0.29) is 11.0 Å². The molecule has 92 valence electrons. The Kier molecular flexibility index (Phi) is 7.18. The summed E-state index contributed by atoms with van der Waals surface area (Å²) in [6, 6.07) is 0. The molecule has 0 radical (unpaired) electrons. The topological polar surface area (TPSA) is 46.2 Å². The van der Waals surface area contributed by atoms with E-state index in [2.05, 4.69) is 19.2 Å². The fourth-order valence-corrected chi connectivity index (χ4v) is 2.23. The van der Waals surface area contributed by atoms with Crippen LogP contribution >= 0.6 is 0 Å². The van der Waals surface area contributed by atoms with Crippen molar-refractivity contribution in [2.24, 2.45) is 5.92 Å². The first kappa shape index (κ1) is 14.9. The van der Waals surface area contributed by atoms with Gasteiger partial charge >= 0.3 is 0 Å². The van der Waals surface area contributed by atoms with Gasteiger partial charge in [0.05, 0.1) is 11.0 Å². The van der Waals surface area contributed by atoms with E-state index in [9.17, 15) is 8.42 Å². The maximum absolute atomic E-state index is 11.5. The maximum atomic E-state index is 11.5. The second kappa shape index (κ2) is 7.23. The minimum atomic E-state index is -2.87. The summed E-state index contributed by atoms with van der Waals surface area (Å²) in [4.78, 5) is 0. The lowest BCUT2D eigenvalue weighted by molar-refractivity contribution is 0.456. The van der Waals surface area contributed by atoms with Crippen LogP contribution in [-0.4, -0.2) is 32.5 Å². The molecule has 0 saturated carbocycles. The molecule has 0 rings (SSSR count). The van der Waals surface area contributed by atoms with Gasteiger partial charge in [-0.15, -0.1) is 0 Å². The predicted molar refractivity (Wildman–Crippen MR) is 65.9 cm³/mol. The molecular formula is C11H25NO2S. The van der Waals surface area contributed by atoms with Crippen LogP contribution in [-0.2, 0) is 9.84 Å². The summed E-state index contributed by atoms with van der Waals surface area (Å²) in [6.45, 7) is 9.31. The van der Waals surface area contributed by atoms with Gasteiger partial charge in [-0.25, -0.2) is 8.42 Å². The molecule has 0 heterocycles. The van der Waals surface area contributed by atoms with Gasteiger partial charge in [-0.05, 0) is 26.3 Å². The summed E-state index contributed by atoms with van der Waals surface area (Å²) < 4.78 is 22.9. The van der Waals surface area contributed by atoms with Gasteiger partial charge in [-0.2, -0.15) is 0 Å². The number of hydrogen-bond donors (Lipinski definition) is 1. The molecule has 0 aromatic carbocycles. The van der Waals surface area contributed by atoms with E-state index in [0.29, 0.717) is 12.5 Å². The number of hydrogen-bond acceptors (Lipinski definition) is 3. The van der Waals surface area contributed by atoms with E-state index < -0.39 is 9.84 Å². The van der Waals surface area contributed by atoms with Crippen LogP contribution in [0.25, 0.3) is 0 Å². The highest BCUT2D eigenvalue weighted by Crippen LogP contribution is 2.05. The third-order valence-electron chi connectivity index (χ3n) is 2.87. The van der Waals surface area contributed by atoms with E-state index in [1.54, 1.807) is 13.8 Å². The molecule has 3 nitrogen and oxygen atoms in total. The zero-order chi connectivity index (χ0) is 11.9. The molecule has 0 aliphatic heterocycles. The van der Waals surface area contributed by atoms with Gasteiger partial charge in [0.2, 0.25) is 0 Å². The van der Waals surface area contributed by atoms with E-state index in [0.717, 1.165) is 19.4 Å². The quantitative estimate of drug-likeness (QED) is 0.653. The Balaban J connectivity index is 3.72. The van der Waals surface area contributed by atoms with Gasteiger partial charge in [-0.1, -0.05) is 26.7 Å². The number of nitrogens with one attached hydrogen (secondary N) is 1. The van der Waals surface area contributed by atoms with Crippen molar-refractivity contribution in [3.05, 3.63) is 0 Å². The fourth-order valence-electron chi connectivity index (χ4n) is 1.33. The second-order valence-electron chi connectivity index (χ2n) is 4.30. The van der Waals surface area contributed by atoms with Crippen molar-refractivity contribution < 1.29 is 8.42 Å². The molecular weight excluding hydrogens is 210 g/mol. The van der Waals surface area contributed by atoms with E-state index in [1.807, 2.05) is 0 Å². The monoisotopic (exact) mass is 235 g/mol. The predicted octanol–water partition coefficient (Wildman–Crippen LogP) is 1.84. The first-order chi connectivity index (χ1) is 6.94. The molecule has 0 atom stereocenters. The van der Waals surface area contributed by atoms with Gasteiger partial charge < -0.3 is 5.32 Å². The van der Waals surface area contributed by atoms with Crippen LogP contribution in [0.4, 0.5) is 0 Å². The van der Waals surface area contributed by atoms with Gasteiger partial charge in [0.1, 0.15) is 0 Å². The van der Waals surface area contributed by atoms with Crippen molar-refractivity contribution in [2.45, 2.75) is 45.8 Å². The molecule has 4 heteroatoms. The normalized spacial score (nSPS) is 12.7.